The first-order valence-electron chi connectivity index (χ1n) is 3.51. The van der Waals surface area contributed by atoms with Gasteiger partial charge in [-0.2, -0.15) is 9.78 Å². The van der Waals surface area contributed by atoms with Crippen LogP contribution in [0.25, 0.3) is 0 Å². The van der Waals surface area contributed by atoms with Gasteiger partial charge >= 0.3 is 6.30 Å². The van der Waals surface area contributed by atoms with Gasteiger partial charge in [-0.3, -0.25) is 0 Å². The molecule has 0 fully saturated rings. The van der Waals surface area contributed by atoms with Crippen LogP contribution in [0.5, 0.6) is 0 Å². The van der Waals surface area contributed by atoms with Crippen molar-refractivity contribution in [2.45, 2.75) is 19.6 Å². The number of alkyl halides is 3. The molecule has 0 saturated heterocycles. The summed E-state index contributed by atoms with van der Waals surface area (Å²) in [5.74, 6) is 0. The molecule has 1 aromatic heterocycles. The lowest BCUT2D eigenvalue weighted by atomic mass is 10.2. The van der Waals surface area contributed by atoms with Crippen molar-refractivity contribution in [3.8, 4) is 0 Å². The molecule has 1 rings (SSSR count). The van der Waals surface area contributed by atoms with Gasteiger partial charge in [0.2, 0.25) is 0 Å². The minimum absolute atomic E-state index is 0.0398. The van der Waals surface area contributed by atoms with E-state index in [4.69, 9.17) is 0 Å². The van der Waals surface area contributed by atoms with E-state index >= 15 is 0 Å². The maximum atomic E-state index is 12.1. The van der Waals surface area contributed by atoms with Crippen molar-refractivity contribution in [1.82, 2.24) is 9.78 Å². The lowest BCUT2D eigenvalue weighted by molar-refractivity contribution is -0.213. The highest BCUT2D eigenvalue weighted by Crippen LogP contribution is 2.24. The third-order valence-corrected chi connectivity index (χ3v) is 1.65. The number of nitrogens with zero attached hydrogens (tertiary/aromatic N) is 2. The van der Waals surface area contributed by atoms with Gasteiger partial charge in [-0.1, -0.05) is 0 Å². The van der Waals surface area contributed by atoms with Gasteiger partial charge in [0, 0.05) is 17.7 Å². The van der Waals surface area contributed by atoms with Crippen molar-refractivity contribution in [2.75, 3.05) is 0 Å². The molecule has 13 heavy (non-hydrogen) atoms. The topological polar surface area (TPSA) is 34.9 Å². The highest BCUT2D eigenvalue weighted by Gasteiger charge is 2.33. The number of hydrogen-bond donors (Lipinski definition) is 0. The van der Waals surface area contributed by atoms with E-state index in [0.717, 1.165) is 6.20 Å². The maximum Gasteiger partial charge on any atom is 0.504 e. The van der Waals surface area contributed by atoms with Crippen molar-refractivity contribution in [3.05, 3.63) is 17.5 Å². The maximum absolute atomic E-state index is 12.1. The third-order valence-electron chi connectivity index (χ3n) is 1.65. The fourth-order valence-corrected chi connectivity index (χ4v) is 0.989. The zero-order chi connectivity index (χ0) is 10.1. The van der Waals surface area contributed by atoms with Crippen LogP contribution in [0.3, 0.4) is 0 Å². The Bertz CT molecular complexity index is 316. The summed E-state index contributed by atoms with van der Waals surface area (Å²) in [5.41, 5.74) is 0.256. The Hall–Kier alpha value is -1.33. The van der Waals surface area contributed by atoms with Crippen LogP contribution in [0.15, 0.2) is 6.20 Å². The molecule has 0 aliphatic heterocycles. The molecule has 0 N–H and O–H groups in total. The molecule has 0 atom stereocenters. The molecule has 0 aromatic carbocycles. The van der Waals surface area contributed by atoms with Gasteiger partial charge in [-0.25, -0.2) is 0 Å². The second-order valence-corrected chi connectivity index (χ2v) is 2.51. The van der Waals surface area contributed by atoms with Crippen LogP contribution >= 0.6 is 0 Å². The van der Waals surface area contributed by atoms with Crippen molar-refractivity contribution < 1.29 is 18.0 Å². The summed E-state index contributed by atoms with van der Waals surface area (Å²) in [4.78, 5) is 10.1. The first-order valence-corrected chi connectivity index (χ1v) is 3.51. The molecule has 0 aliphatic carbocycles. The fourth-order valence-electron chi connectivity index (χ4n) is 0.989. The van der Waals surface area contributed by atoms with Gasteiger partial charge in [-0.05, 0) is 6.92 Å². The lowest BCUT2D eigenvalue weighted by Gasteiger charge is -2.07. The summed E-state index contributed by atoms with van der Waals surface area (Å²) >= 11 is 0. The number of aromatic nitrogens is 2. The third kappa shape index (κ3) is 1.88. The molecule has 0 saturated carbocycles. The standard InChI is InChI=1S/C7H7F3N2O/c1-5-6(2-3-13)4-11-12(5)7(8,9)10/h3-4H,2H2,1H3. The van der Waals surface area contributed by atoms with E-state index in [9.17, 15) is 18.0 Å². The molecular weight excluding hydrogens is 185 g/mol. The molecule has 1 heterocycles. The average molecular weight is 192 g/mol. The van der Waals surface area contributed by atoms with Gasteiger partial charge in [0.05, 0.1) is 6.20 Å². The van der Waals surface area contributed by atoms with E-state index in [1.54, 1.807) is 0 Å². The van der Waals surface area contributed by atoms with E-state index in [2.05, 4.69) is 5.10 Å². The van der Waals surface area contributed by atoms with E-state index in [0.29, 0.717) is 11.8 Å². The first-order chi connectivity index (χ1) is 5.96. The number of carbonyl (C=O) groups is 1. The Morgan fingerprint density at radius 3 is 2.62 bits per heavy atom. The van der Waals surface area contributed by atoms with Crippen molar-refractivity contribution >= 4 is 6.29 Å². The Kier molecular flexibility index (Phi) is 2.40. The first kappa shape index (κ1) is 9.76. The molecule has 0 aliphatic rings. The second kappa shape index (κ2) is 3.20. The molecule has 0 spiro atoms. The molecule has 72 valence electrons. The summed E-state index contributed by atoms with van der Waals surface area (Å²) in [6.07, 6.45) is -2.95. The highest BCUT2D eigenvalue weighted by atomic mass is 19.4. The Labute approximate surface area is 72.2 Å². The summed E-state index contributed by atoms with van der Waals surface area (Å²) in [6, 6.07) is 0. The van der Waals surface area contributed by atoms with Crippen LogP contribution in [0.4, 0.5) is 13.2 Å². The normalized spacial score (nSPS) is 11.7. The molecule has 3 nitrogen and oxygen atoms in total. The minimum Gasteiger partial charge on any atom is -0.303 e. The number of aldehydes is 1. The lowest BCUT2D eigenvalue weighted by Crippen LogP contribution is -2.19. The monoisotopic (exact) mass is 192 g/mol. The average Bonchev–Trinajstić information content (AvgIpc) is 2.32. The molecule has 1 aromatic rings. The van der Waals surface area contributed by atoms with Crippen LogP contribution in [0, 0.1) is 6.92 Å². The van der Waals surface area contributed by atoms with Crippen molar-refractivity contribution in [2.24, 2.45) is 0 Å². The number of carbonyl (C=O) groups excluding carboxylic acids is 1. The van der Waals surface area contributed by atoms with Crippen LogP contribution in [0.1, 0.15) is 11.3 Å². The Morgan fingerprint density at radius 1 is 1.62 bits per heavy atom. The van der Waals surface area contributed by atoms with E-state index in [1.165, 1.54) is 6.92 Å². The zero-order valence-corrected chi connectivity index (χ0v) is 6.80. The quantitative estimate of drug-likeness (QED) is 0.664. The summed E-state index contributed by atoms with van der Waals surface area (Å²) in [7, 11) is 0. The number of rotatable bonds is 2. The Morgan fingerprint density at radius 2 is 2.23 bits per heavy atom. The molecule has 0 unspecified atom stereocenters. The van der Waals surface area contributed by atoms with Crippen LogP contribution < -0.4 is 0 Å². The SMILES string of the molecule is Cc1c(CC=O)cnn1C(F)(F)F. The zero-order valence-electron chi connectivity index (χ0n) is 6.80. The van der Waals surface area contributed by atoms with Crippen LogP contribution in [-0.2, 0) is 17.5 Å². The Balaban J connectivity index is 3.06. The highest BCUT2D eigenvalue weighted by molar-refractivity contribution is 5.55. The van der Waals surface area contributed by atoms with E-state index in [-0.39, 0.29) is 16.8 Å². The molecular formula is C7H7F3N2O. The van der Waals surface area contributed by atoms with Gasteiger partial charge in [-0.15, -0.1) is 13.2 Å². The largest absolute Gasteiger partial charge is 0.504 e. The summed E-state index contributed by atoms with van der Waals surface area (Å²) in [6.45, 7) is 1.28. The van der Waals surface area contributed by atoms with E-state index < -0.39 is 6.30 Å². The number of hydrogen-bond acceptors (Lipinski definition) is 2. The molecule has 0 amide bonds. The summed E-state index contributed by atoms with van der Waals surface area (Å²) in [5, 5.41) is 3.14. The van der Waals surface area contributed by atoms with Crippen LogP contribution in [-0.4, -0.2) is 16.1 Å². The van der Waals surface area contributed by atoms with Gasteiger partial charge in [0.15, 0.2) is 0 Å². The molecule has 0 radical (unpaired) electrons. The van der Waals surface area contributed by atoms with E-state index in [1.807, 2.05) is 0 Å². The predicted molar refractivity (Wildman–Crippen MR) is 38.0 cm³/mol. The van der Waals surface area contributed by atoms with Gasteiger partial charge in [0.25, 0.3) is 0 Å². The van der Waals surface area contributed by atoms with Crippen LogP contribution in [0.2, 0.25) is 0 Å². The molecule has 0 bridgehead atoms. The minimum atomic E-state index is -4.51. The predicted octanol–water partition coefficient (Wildman–Crippen LogP) is 1.41. The summed E-state index contributed by atoms with van der Waals surface area (Å²) < 4.78 is 36.3. The fraction of sp³-hybridized carbons (Fsp3) is 0.429. The molecule has 6 heteroatoms. The van der Waals surface area contributed by atoms with Gasteiger partial charge in [0.1, 0.15) is 6.29 Å². The second-order valence-electron chi connectivity index (χ2n) is 2.51. The smallest absolute Gasteiger partial charge is 0.303 e. The van der Waals surface area contributed by atoms with Gasteiger partial charge < -0.3 is 4.79 Å². The number of halogens is 3. The van der Waals surface area contributed by atoms with Crippen molar-refractivity contribution in [3.63, 3.8) is 0 Å². The van der Waals surface area contributed by atoms with Crippen molar-refractivity contribution in [1.29, 1.82) is 0 Å².